The fraction of sp³-hybridized carbons (Fsp3) is 0.387. The molecule has 2 aliphatic rings. The highest BCUT2D eigenvalue weighted by Gasteiger charge is 2.33. The topological polar surface area (TPSA) is 107 Å². The highest BCUT2D eigenvalue weighted by atomic mass is 19.1. The van der Waals surface area contributed by atoms with Crippen LogP contribution in [0.2, 0.25) is 0 Å². The van der Waals surface area contributed by atoms with Crippen LogP contribution in [0.25, 0.3) is 22.2 Å². The van der Waals surface area contributed by atoms with Gasteiger partial charge in [0.25, 0.3) is 0 Å². The number of aryl methyl sites for hydroxylation is 1. The molecule has 0 saturated carbocycles. The maximum atomic E-state index is 14.7. The molecule has 2 aromatic heterocycles. The van der Waals surface area contributed by atoms with E-state index < -0.39 is 12.3 Å². The van der Waals surface area contributed by atoms with Gasteiger partial charge in [-0.2, -0.15) is 10.1 Å². The number of nitrogens with zero attached hydrogens (tertiary/aromatic N) is 6. The number of aromatic hydroxyl groups is 1. The Labute approximate surface area is 243 Å². The number of amides is 1. The van der Waals surface area contributed by atoms with E-state index >= 15 is 0 Å². The summed E-state index contributed by atoms with van der Waals surface area (Å²) < 4.78 is 22.7. The van der Waals surface area contributed by atoms with Gasteiger partial charge in [0.15, 0.2) is 0 Å². The van der Waals surface area contributed by atoms with Crippen LogP contribution >= 0.6 is 0 Å². The third-order valence-corrected chi connectivity index (χ3v) is 8.31. The van der Waals surface area contributed by atoms with Crippen LogP contribution in [0, 0.1) is 5.92 Å². The largest absolute Gasteiger partial charge is 0.493 e. The second-order valence-electron chi connectivity index (χ2n) is 11.0. The number of likely N-dealkylation sites (tertiary alicyclic amines) is 1. The summed E-state index contributed by atoms with van der Waals surface area (Å²) >= 11 is 0. The van der Waals surface area contributed by atoms with Crippen molar-refractivity contribution in [3.05, 3.63) is 66.2 Å². The number of rotatable bonds is 7. The number of piperazine rings is 1. The fourth-order valence-corrected chi connectivity index (χ4v) is 6.05. The Morgan fingerprint density at radius 1 is 1.02 bits per heavy atom. The lowest BCUT2D eigenvalue weighted by atomic mass is 9.94. The van der Waals surface area contributed by atoms with Crippen molar-refractivity contribution in [2.75, 3.05) is 50.7 Å². The molecule has 4 heterocycles. The molecule has 0 aliphatic carbocycles. The number of hydrogen-bond acceptors (Lipinski definition) is 7. The Bertz CT molecular complexity index is 1560. The number of anilines is 1. The zero-order chi connectivity index (χ0) is 29.2. The van der Waals surface area contributed by atoms with E-state index in [1.54, 1.807) is 12.1 Å². The molecule has 10 nitrogen and oxygen atoms in total. The highest BCUT2D eigenvalue weighted by Crippen LogP contribution is 2.38. The first-order valence-corrected chi connectivity index (χ1v) is 14.3. The van der Waals surface area contributed by atoms with Gasteiger partial charge in [-0.15, -0.1) is 0 Å². The van der Waals surface area contributed by atoms with Crippen LogP contribution in [0.5, 0.6) is 11.8 Å². The smallest absolute Gasteiger partial charge is 0.407 e. The van der Waals surface area contributed by atoms with Crippen molar-refractivity contribution in [3.63, 3.8) is 0 Å². The van der Waals surface area contributed by atoms with Crippen molar-refractivity contribution in [1.29, 1.82) is 0 Å². The normalized spacial score (nSPS) is 19.8. The second-order valence-corrected chi connectivity index (χ2v) is 11.0. The van der Waals surface area contributed by atoms with E-state index in [1.165, 1.54) is 4.90 Å². The van der Waals surface area contributed by atoms with Gasteiger partial charge in [0.1, 0.15) is 18.5 Å². The first kappa shape index (κ1) is 27.8. The van der Waals surface area contributed by atoms with E-state index in [0.717, 1.165) is 54.0 Å². The van der Waals surface area contributed by atoms with Crippen LogP contribution in [-0.2, 0) is 13.7 Å². The molecule has 2 fully saturated rings. The van der Waals surface area contributed by atoms with Gasteiger partial charge >= 0.3 is 6.09 Å². The summed E-state index contributed by atoms with van der Waals surface area (Å²) in [6, 6.07) is 19.3. The number of benzene rings is 2. The molecule has 2 aromatic carbocycles. The molecule has 4 aromatic rings. The van der Waals surface area contributed by atoms with Crippen LogP contribution in [-0.4, -0.2) is 92.9 Å². The van der Waals surface area contributed by atoms with E-state index in [4.69, 9.17) is 9.84 Å². The number of aromatic nitrogens is 3. The zero-order valence-electron chi connectivity index (χ0n) is 23.6. The monoisotopic (exact) mass is 574 g/mol. The van der Waals surface area contributed by atoms with Gasteiger partial charge in [-0.25, -0.2) is 9.18 Å². The number of pyridine rings is 1. The number of halogens is 1. The third-order valence-electron chi connectivity index (χ3n) is 8.31. The minimum atomic E-state index is -1.13. The van der Waals surface area contributed by atoms with Crippen LogP contribution < -0.4 is 9.64 Å². The Morgan fingerprint density at radius 3 is 2.55 bits per heavy atom. The maximum Gasteiger partial charge on any atom is 0.407 e. The molecule has 2 aliphatic heterocycles. The summed E-state index contributed by atoms with van der Waals surface area (Å²) in [4.78, 5) is 21.3. The molecular formula is C31H35FN6O4. The molecular weight excluding hydrogens is 539 g/mol. The van der Waals surface area contributed by atoms with Gasteiger partial charge in [-0.1, -0.05) is 42.5 Å². The number of carbonyl (C=O) groups is 1. The minimum absolute atomic E-state index is 0.0413. The average Bonchev–Trinajstić information content (AvgIpc) is 3.34. The van der Waals surface area contributed by atoms with Crippen LogP contribution in [0.1, 0.15) is 12.0 Å². The Morgan fingerprint density at radius 2 is 1.81 bits per heavy atom. The summed E-state index contributed by atoms with van der Waals surface area (Å²) in [6.45, 7) is 4.47. The van der Waals surface area contributed by atoms with E-state index in [2.05, 4.69) is 20.9 Å². The standard InChI is InChI=1S/C31H35FN6O4/c1-35-29-23(28(34-35)24-10-11-27(39)33-30(24)42-20-21-6-3-2-4-7-21)8-5-9-26(29)37-16-14-36(15-17-37)18-22-12-13-38(31(40)41)19-25(22)32/h2-11,22,25H,12-20H2,1H3,(H,33,39)(H,40,41)/t22-,25+/m1/s1. The van der Waals surface area contributed by atoms with E-state index in [1.807, 2.05) is 54.2 Å². The predicted molar refractivity (Wildman–Crippen MR) is 158 cm³/mol. The van der Waals surface area contributed by atoms with Gasteiger partial charge in [0, 0.05) is 63.7 Å². The molecule has 6 rings (SSSR count). The molecule has 2 atom stereocenters. The molecule has 2 N–H and O–H groups in total. The SMILES string of the molecule is Cn1nc(-c2ccc(O)nc2OCc2ccccc2)c2cccc(N3CCN(C[C@H]4CCN(C(=O)O)C[C@@H]4F)CC3)c21. The van der Waals surface area contributed by atoms with Crippen molar-refractivity contribution < 1.29 is 24.1 Å². The number of alkyl halides is 1. The van der Waals surface area contributed by atoms with Gasteiger partial charge in [0.2, 0.25) is 11.8 Å². The molecule has 0 unspecified atom stereocenters. The lowest BCUT2D eigenvalue weighted by Crippen LogP contribution is -2.52. The number of fused-ring (bicyclic) bond motifs is 1. The molecule has 1 amide bonds. The summed E-state index contributed by atoms with van der Waals surface area (Å²) in [5.74, 6) is 0.0535. The minimum Gasteiger partial charge on any atom is -0.493 e. The fourth-order valence-electron chi connectivity index (χ4n) is 6.05. The molecule has 11 heteroatoms. The Kier molecular flexibility index (Phi) is 7.84. The average molecular weight is 575 g/mol. The van der Waals surface area contributed by atoms with Gasteiger partial charge in [-0.05, 0) is 24.1 Å². The third kappa shape index (κ3) is 5.69. The molecule has 0 spiro atoms. The number of para-hydroxylation sites is 1. The highest BCUT2D eigenvalue weighted by molar-refractivity contribution is 6.01. The maximum absolute atomic E-state index is 14.7. The summed E-state index contributed by atoms with van der Waals surface area (Å²) in [5.41, 5.74) is 4.49. The van der Waals surface area contributed by atoms with E-state index in [0.29, 0.717) is 37.6 Å². The summed E-state index contributed by atoms with van der Waals surface area (Å²) in [6.07, 6.45) is -1.63. The molecule has 42 heavy (non-hydrogen) atoms. The molecule has 220 valence electrons. The lowest BCUT2D eigenvalue weighted by Gasteiger charge is -2.40. The molecule has 0 bridgehead atoms. The van der Waals surface area contributed by atoms with Crippen LogP contribution in [0.15, 0.2) is 60.7 Å². The molecule has 2 saturated heterocycles. The quantitative estimate of drug-likeness (QED) is 0.335. The van der Waals surface area contributed by atoms with Gasteiger partial charge < -0.3 is 24.7 Å². The number of hydrogen-bond donors (Lipinski definition) is 2. The predicted octanol–water partition coefficient (Wildman–Crippen LogP) is 4.38. The molecule has 0 radical (unpaired) electrons. The van der Waals surface area contributed by atoms with Crippen molar-refractivity contribution in [2.45, 2.75) is 19.2 Å². The van der Waals surface area contributed by atoms with Crippen LogP contribution in [0.4, 0.5) is 14.9 Å². The second kappa shape index (κ2) is 11.8. The Hall–Kier alpha value is -4.38. The summed E-state index contributed by atoms with van der Waals surface area (Å²) in [7, 11) is 1.93. The van der Waals surface area contributed by atoms with Gasteiger partial charge in [-0.3, -0.25) is 9.58 Å². The van der Waals surface area contributed by atoms with E-state index in [9.17, 15) is 19.4 Å². The number of piperidine rings is 1. The zero-order valence-corrected chi connectivity index (χ0v) is 23.6. The lowest BCUT2D eigenvalue weighted by molar-refractivity contribution is 0.0574. The van der Waals surface area contributed by atoms with Crippen molar-refractivity contribution in [2.24, 2.45) is 13.0 Å². The summed E-state index contributed by atoms with van der Waals surface area (Å²) in [5, 5.41) is 25.1. The first-order chi connectivity index (χ1) is 20.4. The number of carboxylic acid groups (broad SMARTS) is 1. The van der Waals surface area contributed by atoms with Crippen LogP contribution in [0.3, 0.4) is 0 Å². The van der Waals surface area contributed by atoms with Gasteiger partial charge in [0.05, 0.1) is 23.3 Å². The van der Waals surface area contributed by atoms with Crippen molar-refractivity contribution in [1.82, 2.24) is 24.6 Å². The van der Waals surface area contributed by atoms with Crippen molar-refractivity contribution in [3.8, 4) is 23.0 Å². The first-order valence-electron chi connectivity index (χ1n) is 14.3. The Balaban J connectivity index is 1.19. The van der Waals surface area contributed by atoms with Crippen molar-refractivity contribution >= 4 is 22.7 Å². The number of ether oxygens (including phenoxy) is 1. The van der Waals surface area contributed by atoms with E-state index in [-0.39, 0.29) is 18.3 Å².